The van der Waals surface area contributed by atoms with Gasteiger partial charge in [0.2, 0.25) is 5.91 Å². The van der Waals surface area contributed by atoms with Crippen LogP contribution in [-0.2, 0) is 4.79 Å². The smallest absolute Gasteiger partial charge is 0.251 e. The predicted molar refractivity (Wildman–Crippen MR) is 120 cm³/mol. The molecule has 0 saturated carbocycles. The lowest BCUT2D eigenvalue weighted by Gasteiger charge is -2.16. The predicted octanol–water partition coefficient (Wildman–Crippen LogP) is 3.06. The van der Waals surface area contributed by atoms with Gasteiger partial charge in [0.25, 0.3) is 5.91 Å². The van der Waals surface area contributed by atoms with E-state index in [9.17, 15) is 14.7 Å². The van der Waals surface area contributed by atoms with Crippen molar-refractivity contribution in [2.24, 2.45) is 0 Å². The first-order valence-electron chi connectivity index (χ1n) is 9.87. The molecule has 4 aromatic rings. The molecule has 0 radical (unpaired) electrons. The maximum atomic E-state index is 12.6. The molecule has 0 aliphatic heterocycles. The lowest BCUT2D eigenvalue weighted by Crippen LogP contribution is -2.45. The van der Waals surface area contributed by atoms with Crippen molar-refractivity contribution in [3.8, 4) is 5.13 Å². The zero-order chi connectivity index (χ0) is 21.8. The van der Waals surface area contributed by atoms with E-state index in [2.05, 4.69) is 15.6 Å². The van der Waals surface area contributed by atoms with E-state index in [1.807, 2.05) is 47.3 Å². The fraction of sp³-hybridized carbons (Fsp3) is 0.174. The lowest BCUT2D eigenvalue weighted by molar-refractivity contribution is -0.123. The molecule has 0 spiro atoms. The summed E-state index contributed by atoms with van der Waals surface area (Å²) >= 11 is 1.49. The average Bonchev–Trinajstić information content (AvgIpc) is 3.46. The summed E-state index contributed by atoms with van der Waals surface area (Å²) in [7, 11) is 0. The molecule has 2 aromatic carbocycles. The second-order valence-corrected chi connectivity index (χ2v) is 8.15. The Morgan fingerprint density at radius 3 is 2.58 bits per heavy atom. The van der Waals surface area contributed by atoms with Gasteiger partial charge in [-0.25, -0.2) is 4.98 Å². The van der Waals surface area contributed by atoms with Gasteiger partial charge in [0, 0.05) is 24.5 Å². The molecular formula is C23H22N4O3S. The van der Waals surface area contributed by atoms with Crippen molar-refractivity contribution in [1.29, 1.82) is 0 Å². The van der Waals surface area contributed by atoms with Crippen LogP contribution in [0.5, 0.6) is 0 Å². The van der Waals surface area contributed by atoms with Gasteiger partial charge in [0.15, 0.2) is 5.13 Å². The molecule has 0 saturated heterocycles. The number of nitrogens with one attached hydrogen (secondary N) is 2. The van der Waals surface area contributed by atoms with Gasteiger partial charge in [-0.2, -0.15) is 0 Å². The van der Waals surface area contributed by atoms with Crippen LogP contribution in [0.2, 0.25) is 0 Å². The maximum absolute atomic E-state index is 12.6. The SMILES string of the molecule is C[C@H](NC(=O)c1ccc2nc(-n3cccc3)sc2c1)C(=O)NC[C@@H](O)c1ccccc1. The van der Waals surface area contributed by atoms with E-state index >= 15 is 0 Å². The number of carbonyl (C=O) groups is 2. The summed E-state index contributed by atoms with van der Waals surface area (Å²) in [5, 5.41) is 16.4. The Kier molecular flexibility index (Phi) is 6.11. The van der Waals surface area contributed by atoms with Crippen LogP contribution in [0.15, 0.2) is 73.1 Å². The normalized spacial score (nSPS) is 13.0. The summed E-state index contributed by atoms with van der Waals surface area (Å²) in [5.74, 6) is -0.707. The third kappa shape index (κ3) is 4.82. The molecule has 7 nitrogen and oxygen atoms in total. The first-order chi connectivity index (χ1) is 15.0. The van der Waals surface area contributed by atoms with Crippen LogP contribution in [-0.4, -0.2) is 39.1 Å². The number of rotatable bonds is 7. The van der Waals surface area contributed by atoms with Crippen molar-refractivity contribution in [2.75, 3.05) is 6.54 Å². The molecule has 2 aromatic heterocycles. The molecule has 8 heteroatoms. The van der Waals surface area contributed by atoms with Gasteiger partial charge in [-0.1, -0.05) is 41.7 Å². The largest absolute Gasteiger partial charge is 0.387 e. The minimum absolute atomic E-state index is 0.0675. The Morgan fingerprint density at radius 1 is 1.10 bits per heavy atom. The highest BCUT2D eigenvalue weighted by Crippen LogP contribution is 2.26. The van der Waals surface area contributed by atoms with E-state index < -0.39 is 12.1 Å². The van der Waals surface area contributed by atoms with Crippen LogP contribution >= 0.6 is 11.3 Å². The van der Waals surface area contributed by atoms with Gasteiger partial charge in [0.05, 0.1) is 16.3 Å². The molecular weight excluding hydrogens is 412 g/mol. The first-order valence-corrected chi connectivity index (χ1v) is 10.7. The highest BCUT2D eigenvalue weighted by Gasteiger charge is 2.18. The maximum Gasteiger partial charge on any atom is 0.251 e. The van der Waals surface area contributed by atoms with E-state index in [0.717, 1.165) is 20.9 Å². The van der Waals surface area contributed by atoms with Gasteiger partial charge >= 0.3 is 0 Å². The minimum atomic E-state index is -0.809. The quantitative estimate of drug-likeness (QED) is 0.417. The summed E-state index contributed by atoms with van der Waals surface area (Å²) in [6.45, 7) is 1.68. The first kappa shape index (κ1) is 20.8. The lowest BCUT2D eigenvalue weighted by atomic mass is 10.1. The van der Waals surface area contributed by atoms with E-state index in [0.29, 0.717) is 5.56 Å². The Balaban J connectivity index is 1.36. The minimum Gasteiger partial charge on any atom is -0.387 e. The number of hydrogen-bond acceptors (Lipinski definition) is 5. The van der Waals surface area contributed by atoms with Gasteiger partial charge in [0.1, 0.15) is 6.04 Å². The van der Waals surface area contributed by atoms with Crippen LogP contribution in [0.1, 0.15) is 28.9 Å². The number of hydrogen-bond donors (Lipinski definition) is 3. The topological polar surface area (TPSA) is 96.2 Å². The highest BCUT2D eigenvalue weighted by atomic mass is 32.1. The molecule has 0 aliphatic carbocycles. The standard InChI is InChI=1S/C23H22N4O3S/c1-15(21(29)24-14-19(28)16-7-3-2-4-8-16)25-22(30)17-9-10-18-20(13-17)31-23(26-18)27-11-5-6-12-27/h2-13,15,19,28H,14H2,1H3,(H,24,29)(H,25,30)/t15-,19+/m0/s1. The Labute approximate surface area is 183 Å². The van der Waals surface area contributed by atoms with Gasteiger partial charge in [-0.05, 0) is 42.8 Å². The van der Waals surface area contributed by atoms with Crippen molar-refractivity contribution in [3.05, 3.63) is 84.2 Å². The van der Waals surface area contributed by atoms with Crippen molar-refractivity contribution >= 4 is 33.4 Å². The summed E-state index contributed by atoms with van der Waals surface area (Å²) < 4.78 is 2.81. The van der Waals surface area contributed by atoms with Crippen LogP contribution in [0.3, 0.4) is 0 Å². The van der Waals surface area contributed by atoms with E-state index in [1.165, 1.54) is 11.3 Å². The van der Waals surface area contributed by atoms with E-state index in [-0.39, 0.29) is 18.4 Å². The average molecular weight is 435 g/mol. The van der Waals surface area contributed by atoms with E-state index in [4.69, 9.17) is 0 Å². The number of benzene rings is 2. The van der Waals surface area contributed by atoms with Crippen molar-refractivity contribution < 1.29 is 14.7 Å². The number of aliphatic hydroxyl groups excluding tert-OH is 1. The summed E-state index contributed by atoms with van der Waals surface area (Å²) in [5.41, 5.74) is 1.99. The molecule has 2 atom stereocenters. The monoisotopic (exact) mass is 434 g/mol. The second kappa shape index (κ2) is 9.11. The van der Waals surface area contributed by atoms with Gasteiger partial charge < -0.3 is 20.3 Å². The molecule has 0 fully saturated rings. The molecule has 2 heterocycles. The Bertz CT molecular complexity index is 1190. The summed E-state index contributed by atoms with van der Waals surface area (Å²) in [6.07, 6.45) is 3.03. The molecule has 2 amide bonds. The van der Waals surface area contributed by atoms with Crippen LogP contribution < -0.4 is 10.6 Å². The zero-order valence-corrected chi connectivity index (χ0v) is 17.7. The van der Waals surface area contributed by atoms with Crippen LogP contribution in [0.25, 0.3) is 15.3 Å². The number of thiazole rings is 1. The van der Waals surface area contributed by atoms with Crippen LogP contribution in [0.4, 0.5) is 0 Å². The molecule has 31 heavy (non-hydrogen) atoms. The van der Waals surface area contributed by atoms with Crippen LogP contribution in [0, 0.1) is 0 Å². The molecule has 0 aliphatic rings. The molecule has 158 valence electrons. The second-order valence-electron chi connectivity index (χ2n) is 7.14. The number of aromatic nitrogens is 2. The molecule has 3 N–H and O–H groups in total. The van der Waals surface area contributed by atoms with Crippen molar-refractivity contribution in [2.45, 2.75) is 19.1 Å². The summed E-state index contributed by atoms with van der Waals surface area (Å²) in [4.78, 5) is 29.6. The summed E-state index contributed by atoms with van der Waals surface area (Å²) in [6, 6.07) is 17.5. The van der Waals surface area contributed by atoms with Gasteiger partial charge in [-0.15, -0.1) is 0 Å². The van der Waals surface area contributed by atoms with Crippen molar-refractivity contribution in [1.82, 2.24) is 20.2 Å². The molecule has 0 bridgehead atoms. The number of aliphatic hydroxyl groups is 1. The highest BCUT2D eigenvalue weighted by molar-refractivity contribution is 7.20. The molecule has 0 unspecified atom stereocenters. The third-order valence-electron chi connectivity index (χ3n) is 4.86. The van der Waals surface area contributed by atoms with E-state index in [1.54, 1.807) is 37.3 Å². The van der Waals surface area contributed by atoms with Gasteiger partial charge in [-0.3, -0.25) is 9.59 Å². The Morgan fingerprint density at radius 2 is 1.84 bits per heavy atom. The number of amides is 2. The number of carbonyl (C=O) groups excluding carboxylic acids is 2. The van der Waals surface area contributed by atoms with Crippen molar-refractivity contribution in [3.63, 3.8) is 0 Å². The fourth-order valence-electron chi connectivity index (χ4n) is 3.12. The molecule has 4 rings (SSSR count). The fourth-order valence-corrected chi connectivity index (χ4v) is 4.09. The zero-order valence-electron chi connectivity index (χ0n) is 16.9. The number of fused-ring (bicyclic) bond motifs is 1. The Hall–Kier alpha value is -3.49. The number of nitrogens with zero attached hydrogens (tertiary/aromatic N) is 2. The third-order valence-corrected chi connectivity index (χ3v) is 5.89.